The third-order valence-corrected chi connectivity index (χ3v) is 3.22. The van der Waals surface area contributed by atoms with Crippen LogP contribution in [0.3, 0.4) is 0 Å². The van der Waals surface area contributed by atoms with Gasteiger partial charge >= 0.3 is 0 Å². The fraction of sp³-hybridized carbons (Fsp3) is 0.462. The highest BCUT2D eigenvalue weighted by molar-refractivity contribution is 5.78. The van der Waals surface area contributed by atoms with E-state index in [9.17, 15) is 5.11 Å². The molecule has 92 valence electrons. The number of fused-ring (bicyclic) bond motifs is 1. The maximum Gasteiger partial charge on any atom is 0.0909 e. The van der Waals surface area contributed by atoms with E-state index in [1.807, 2.05) is 35.1 Å². The molecule has 0 amide bonds. The lowest BCUT2D eigenvalue weighted by atomic mass is 9.98. The molecule has 0 aliphatic carbocycles. The van der Waals surface area contributed by atoms with Crippen LogP contribution in [0.2, 0.25) is 0 Å². The fourth-order valence-electron chi connectivity index (χ4n) is 2.06. The average molecular weight is 233 g/mol. The van der Waals surface area contributed by atoms with Gasteiger partial charge in [0, 0.05) is 11.4 Å². The van der Waals surface area contributed by atoms with Crippen molar-refractivity contribution >= 4 is 10.9 Å². The van der Waals surface area contributed by atoms with Gasteiger partial charge in [-0.15, -0.1) is 0 Å². The lowest BCUT2D eigenvalue weighted by Crippen LogP contribution is -2.39. The summed E-state index contributed by atoms with van der Waals surface area (Å²) in [6.07, 6.45) is 1.81. The Morgan fingerprint density at radius 1 is 1.35 bits per heavy atom. The highest BCUT2D eigenvalue weighted by Crippen LogP contribution is 2.21. The van der Waals surface area contributed by atoms with Gasteiger partial charge in [0.25, 0.3) is 0 Å². The third kappa shape index (κ3) is 2.18. The predicted octanol–water partition coefficient (Wildman–Crippen LogP) is 1.55. The quantitative estimate of drug-likeness (QED) is 0.842. The van der Waals surface area contributed by atoms with Crippen LogP contribution in [0, 0.1) is 5.92 Å². The van der Waals surface area contributed by atoms with Crippen molar-refractivity contribution < 1.29 is 5.11 Å². The van der Waals surface area contributed by atoms with Crippen molar-refractivity contribution in [3.8, 4) is 0 Å². The van der Waals surface area contributed by atoms with E-state index in [0.29, 0.717) is 5.92 Å². The normalized spacial score (nSPS) is 15.4. The van der Waals surface area contributed by atoms with Crippen LogP contribution >= 0.6 is 0 Å². The average Bonchev–Trinajstić information content (AvgIpc) is 2.74. The van der Waals surface area contributed by atoms with Crippen molar-refractivity contribution in [1.29, 1.82) is 0 Å². The third-order valence-electron chi connectivity index (χ3n) is 3.22. The molecule has 2 unspecified atom stereocenters. The molecule has 1 aromatic carbocycles. The van der Waals surface area contributed by atoms with Gasteiger partial charge in [-0.2, -0.15) is 5.10 Å². The molecule has 1 heterocycles. The molecular weight excluding hydrogens is 214 g/mol. The molecule has 0 aliphatic heterocycles. The lowest BCUT2D eigenvalue weighted by Gasteiger charge is -2.26. The molecule has 0 fully saturated rings. The van der Waals surface area contributed by atoms with Gasteiger partial charge in [-0.3, -0.25) is 4.68 Å². The summed E-state index contributed by atoms with van der Waals surface area (Å²) in [5, 5.41) is 15.0. The molecule has 17 heavy (non-hydrogen) atoms. The van der Waals surface area contributed by atoms with Gasteiger partial charge in [-0.05, 0) is 12.0 Å². The zero-order valence-electron chi connectivity index (χ0n) is 10.2. The van der Waals surface area contributed by atoms with Crippen molar-refractivity contribution in [1.82, 2.24) is 9.78 Å². The highest BCUT2D eigenvalue weighted by Gasteiger charge is 2.23. The molecule has 0 saturated carbocycles. The van der Waals surface area contributed by atoms with E-state index >= 15 is 0 Å². The zero-order chi connectivity index (χ0) is 12.4. The van der Waals surface area contributed by atoms with Crippen LogP contribution < -0.4 is 5.73 Å². The van der Waals surface area contributed by atoms with E-state index in [2.05, 4.69) is 18.9 Å². The number of hydrogen-bond acceptors (Lipinski definition) is 3. The van der Waals surface area contributed by atoms with Gasteiger partial charge in [-0.25, -0.2) is 0 Å². The number of aliphatic hydroxyl groups excluding tert-OH is 1. The Labute approximate surface area is 101 Å². The first-order valence-corrected chi connectivity index (χ1v) is 5.94. The Morgan fingerprint density at radius 2 is 2.06 bits per heavy atom. The molecule has 3 N–H and O–H groups in total. The van der Waals surface area contributed by atoms with Gasteiger partial charge in [0.2, 0.25) is 0 Å². The number of benzene rings is 1. The van der Waals surface area contributed by atoms with Crippen LogP contribution in [-0.4, -0.2) is 27.5 Å². The van der Waals surface area contributed by atoms with Gasteiger partial charge in [0.1, 0.15) is 0 Å². The van der Waals surface area contributed by atoms with E-state index in [4.69, 9.17) is 5.73 Å². The van der Waals surface area contributed by atoms with E-state index in [1.54, 1.807) is 0 Å². The molecule has 0 bridgehead atoms. The number of aliphatic hydroxyl groups is 1. The molecule has 0 saturated heterocycles. The Hall–Kier alpha value is -1.39. The maximum atomic E-state index is 9.54. The van der Waals surface area contributed by atoms with Crippen molar-refractivity contribution in [2.24, 2.45) is 11.7 Å². The monoisotopic (exact) mass is 233 g/mol. The number of nitrogens with two attached hydrogens (primary N) is 1. The molecule has 0 radical (unpaired) electrons. The minimum Gasteiger partial charge on any atom is -0.394 e. The number of rotatable bonds is 4. The fourth-order valence-corrected chi connectivity index (χ4v) is 2.06. The molecular formula is C13H19N3O. The molecule has 2 rings (SSSR count). The first-order chi connectivity index (χ1) is 8.15. The van der Waals surface area contributed by atoms with Gasteiger partial charge in [-0.1, -0.05) is 32.0 Å². The van der Waals surface area contributed by atoms with Crippen LogP contribution in [0.25, 0.3) is 10.9 Å². The first-order valence-electron chi connectivity index (χ1n) is 5.94. The van der Waals surface area contributed by atoms with E-state index in [0.717, 1.165) is 10.9 Å². The Balaban J connectivity index is 2.43. The maximum absolute atomic E-state index is 9.54. The van der Waals surface area contributed by atoms with Crippen LogP contribution in [0.1, 0.15) is 19.9 Å². The number of nitrogens with zero attached hydrogens (tertiary/aromatic N) is 2. The summed E-state index contributed by atoms with van der Waals surface area (Å²) in [7, 11) is 0. The summed E-state index contributed by atoms with van der Waals surface area (Å²) in [6, 6.07) is 7.67. The predicted molar refractivity (Wildman–Crippen MR) is 68.7 cm³/mol. The van der Waals surface area contributed by atoms with E-state index in [-0.39, 0.29) is 18.7 Å². The van der Waals surface area contributed by atoms with Crippen LogP contribution in [0.4, 0.5) is 0 Å². The van der Waals surface area contributed by atoms with Crippen molar-refractivity contribution in [2.75, 3.05) is 6.61 Å². The van der Waals surface area contributed by atoms with Gasteiger partial charge in [0.15, 0.2) is 0 Å². The Kier molecular flexibility index (Phi) is 3.45. The number of aromatic nitrogens is 2. The van der Waals surface area contributed by atoms with Gasteiger partial charge < -0.3 is 10.8 Å². The summed E-state index contributed by atoms with van der Waals surface area (Å²) >= 11 is 0. The smallest absolute Gasteiger partial charge is 0.0909 e. The molecule has 0 aliphatic rings. The molecule has 0 spiro atoms. The number of para-hydroxylation sites is 1. The van der Waals surface area contributed by atoms with Crippen molar-refractivity contribution in [3.05, 3.63) is 30.5 Å². The second kappa shape index (κ2) is 4.85. The summed E-state index contributed by atoms with van der Waals surface area (Å²) in [5.74, 6) is 0.301. The van der Waals surface area contributed by atoms with Crippen LogP contribution in [0.15, 0.2) is 30.5 Å². The zero-order valence-corrected chi connectivity index (χ0v) is 10.2. The number of hydrogen-bond donors (Lipinski definition) is 2. The summed E-state index contributed by atoms with van der Waals surface area (Å²) in [5.41, 5.74) is 7.15. The lowest BCUT2D eigenvalue weighted by molar-refractivity contribution is 0.182. The van der Waals surface area contributed by atoms with Crippen LogP contribution in [0.5, 0.6) is 0 Å². The largest absolute Gasteiger partial charge is 0.394 e. The topological polar surface area (TPSA) is 64.1 Å². The van der Waals surface area contributed by atoms with Crippen LogP contribution in [-0.2, 0) is 0 Å². The molecule has 4 nitrogen and oxygen atoms in total. The van der Waals surface area contributed by atoms with Crippen molar-refractivity contribution in [2.45, 2.75) is 25.9 Å². The van der Waals surface area contributed by atoms with E-state index in [1.165, 1.54) is 0 Å². The highest BCUT2D eigenvalue weighted by atomic mass is 16.3. The molecule has 1 aromatic heterocycles. The Bertz CT molecular complexity index is 492. The molecule has 2 aromatic rings. The molecule has 2 atom stereocenters. The standard InChI is InChI=1S/C13H19N3O/c1-9(2)13(14)12(8-17)16-11-6-4-3-5-10(11)7-15-16/h3-7,9,12-13,17H,8,14H2,1-2H3. The second-order valence-electron chi connectivity index (χ2n) is 4.72. The molecule has 4 heteroatoms. The summed E-state index contributed by atoms with van der Waals surface area (Å²) in [4.78, 5) is 0. The van der Waals surface area contributed by atoms with Gasteiger partial charge in [0.05, 0.1) is 24.4 Å². The van der Waals surface area contributed by atoms with E-state index < -0.39 is 0 Å². The Morgan fingerprint density at radius 3 is 2.71 bits per heavy atom. The minimum absolute atomic E-state index is 0.00498. The van der Waals surface area contributed by atoms with Crippen molar-refractivity contribution in [3.63, 3.8) is 0 Å². The first kappa shape index (κ1) is 12.1. The SMILES string of the molecule is CC(C)C(N)C(CO)n1ncc2ccccc21. The summed E-state index contributed by atoms with van der Waals surface area (Å²) < 4.78 is 1.83. The minimum atomic E-state index is -0.171. The summed E-state index contributed by atoms with van der Waals surface area (Å²) in [6.45, 7) is 4.11. The second-order valence-corrected chi connectivity index (χ2v) is 4.72.